The molecule has 7 nitrogen and oxygen atoms in total. The molecule has 1 aromatic heterocycles. The highest BCUT2D eigenvalue weighted by molar-refractivity contribution is 8.00. The van der Waals surface area contributed by atoms with Crippen molar-refractivity contribution in [1.29, 1.82) is 0 Å². The molecule has 7 atom stereocenters. The summed E-state index contributed by atoms with van der Waals surface area (Å²) in [5, 5.41) is 0.633. The zero-order chi connectivity index (χ0) is 31.9. The molecule has 0 spiro atoms. The van der Waals surface area contributed by atoms with Crippen LogP contribution in [0.1, 0.15) is 33.9 Å². The fourth-order valence-corrected chi connectivity index (χ4v) is 11.2. The van der Waals surface area contributed by atoms with Gasteiger partial charge in [-0.25, -0.2) is 4.90 Å². The van der Waals surface area contributed by atoms with Crippen molar-refractivity contribution < 1.29 is 32.2 Å². The van der Waals surface area contributed by atoms with Gasteiger partial charge in [0.05, 0.1) is 35.2 Å². The zero-order valence-corrected chi connectivity index (χ0v) is 26.0. The van der Waals surface area contributed by atoms with Gasteiger partial charge >= 0.3 is 11.0 Å². The number of amides is 2. The van der Waals surface area contributed by atoms with Crippen molar-refractivity contribution >= 4 is 40.6 Å². The second-order valence-corrected chi connectivity index (χ2v) is 14.4. The first-order valence-corrected chi connectivity index (χ1v) is 16.6. The molecule has 4 aliphatic rings. The highest BCUT2D eigenvalue weighted by atomic mass is 32.2. The van der Waals surface area contributed by atoms with Crippen LogP contribution in [0.5, 0.6) is 11.5 Å². The number of hydrogen-bond acceptors (Lipinski definition) is 7. The number of thiazole rings is 1. The lowest BCUT2D eigenvalue weighted by Crippen LogP contribution is -2.42. The van der Waals surface area contributed by atoms with Crippen molar-refractivity contribution in [2.24, 2.45) is 29.6 Å². The second kappa shape index (κ2) is 10.8. The summed E-state index contributed by atoms with van der Waals surface area (Å²) in [5.41, 5.74) is 0.470. The van der Waals surface area contributed by atoms with E-state index < -0.39 is 41.1 Å². The Morgan fingerprint density at radius 1 is 0.913 bits per heavy atom. The molecular weight excluding hydrogens is 638 g/mol. The van der Waals surface area contributed by atoms with Crippen molar-refractivity contribution in [2.75, 3.05) is 12.0 Å². The normalized spacial score (nSPS) is 27.8. The summed E-state index contributed by atoms with van der Waals surface area (Å²) in [4.78, 5) is 44.9. The Labute approximate surface area is 269 Å². The van der Waals surface area contributed by atoms with Gasteiger partial charge in [0, 0.05) is 16.0 Å². The number of aromatic amines is 1. The van der Waals surface area contributed by atoms with Gasteiger partial charge in [0.25, 0.3) is 0 Å². The average Bonchev–Trinajstić information content (AvgIpc) is 3.78. The summed E-state index contributed by atoms with van der Waals surface area (Å²) >= 11 is 2.65. The summed E-state index contributed by atoms with van der Waals surface area (Å²) < 4.78 is 53.7. The summed E-state index contributed by atoms with van der Waals surface area (Å²) in [6.45, 7) is 0.349. The molecule has 2 amide bonds. The number of methoxy groups -OCH3 is 1. The third-order valence-electron chi connectivity index (χ3n) is 9.96. The molecule has 8 rings (SSSR count). The van der Waals surface area contributed by atoms with Gasteiger partial charge in [0.15, 0.2) is 11.5 Å². The van der Waals surface area contributed by atoms with E-state index in [1.807, 2.05) is 48.5 Å². The molecule has 1 saturated heterocycles. The van der Waals surface area contributed by atoms with Gasteiger partial charge in [-0.2, -0.15) is 13.2 Å². The Balaban J connectivity index is 1.16. The van der Waals surface area contributed by atoms with Gasteiger partial charge in [-0.05, 0) is 59.6 Å². The van der Waals surface area contributed by atoms with E-state index in [0.717, 1.165) is 43.3 Å². The predicted octanol–water partition coefficient (Wildman–Crippen LogP) is 6.72. The molecule has 5 unspecified atom stereocenters. The summed E-state index contributed by atoms with van der Waals surface area (Å²) in [6, 6.07) is 20.2. The average molecular weight is 665 g/mol. The topological polar surface area (TPSA) is 88.7 Å². The number of hydrogen-bond donors (Lipinski definition) is 1. The number of rotatable bonds is 6. The number of carbonyl (C=O) groups excluding carboxylic acids is 2. The number of nitrogens with zero attached hydrogens (tertiary/aromatic N) is 1. The van der Waals surface area contributed by atoms with Crippen LogP contribution in [-0.4, -0.2) is 29.2 Å². The molecule has 2 aliphatic heterocycles. The van der Waals surface area contributed by atoms with E-state index in [0.29, 0.717) is 24.5 Å². The third kappa shape index (κ3) is 4.44. The van der Waals surface area contributed by atoms with Crippen molar-refractivity contribution in [1.82, 2.24) is 4.98 Å². The minimum Gasteiger partial charge on any atom is -0.493 e. The maximum atomic E-state index is 14.0. The Hall–Kier alpha value is -4.03. The molecule has 46 heavy (non-hydrogen) atoms. The van der Waals surface area contributed by atoms with E-state index in [2.05, 4.69) is 4.98 Å². The number of benzene rings is 3. The maximum Gasteiger partial charge on any atom is 0.418 e. The van der Waals surface area contributed by atoms with Crippen LogP contribution in [0, 0.1) is 29.6 Å². The number of fused-ring (bicyclic) bond motifs is 9. The number of imide groups is 1. The minimum atomic E-state index is -4.72. The SMILES string of the molecule is COc1cc(C2c3sc(=O)[nH]c3SC3C2[C@H]2C[C@@H]3C3C(=O)N(c4ccccc4C(F)(F)F)C(=O)C32)ccc1OCc1ccccc1. The fourth-order valence-electron chi connectivity index (χ4n) is 8.27. The second-order valence-electron chi connectivity index (χ2n) is 12.2. The molecule has 2 bridgehead atoms. The molecule has 4 aromatic rings. The van der Waals surface area contributed by atoms with Crippen molar-refractivity contribution in [3.05, 3.63) is 104 Å². The predicted molar refractivity (Wildman–Crippen MR) is 166 cm³/mol. The van der Waals surface area contributed by atoms with Crippen LogP contribution in [0.25, 0.3) is 0 Å². The Morgan fingerprint density at radius 3 is 2.37 bits per heavy atom. The van der Waals surface area contributed by atoms with Crippen molar-refractivity contribution in [3.63, 3.8) is 0 Å². The minimum absolute atomic E-state index is 0.108. The first-order valence-electron chi connectivity index (χ1n) is 14.9. The number of thioether (sulfide) groups is 1. The molecule has 12 heteroatoms. The number of anilines is 1. The third-order valence-corrected chi connectivity index (χ3v) is 12.5. The summed E-state index contributed by atoms with van der Waals surface area (Å²) in [5.74, 6) is -2.36. The Kier molecular flexibility index (Phi) is 6.88. The number of nitrogens with one attached hydrogen (secondary N) is 1. The fraction of sp³-hybridized carbons (Fsp3) is 0.324. The van der Waals surface area contributed by atoms with E-state index in [1.165, 1.54) is 30.0 Å². The van der Waals surface area contributed by atoms with Crippen LogP contribution in [0.3, 0.4) is 0 Å². The van der Waals surface area contributed by atoms with Crippen molar-refractivity contribution in [2.45, 2.75) is 35.4 Å². The number of ether oxygens (including phenoxy) is 2. The number of aromatic nitrogens is 1. The first-order chi connectivity index (χ1) is 22.2. The number of carbonyl (C=O) groups is 2. The number of halogens is 3. The highest BCUT2D eigenvalue weighted by Crippen LogP contribution is 2.69. The summed E-state index contributed by atoms with van der Waals surface area (Å²) in [6.07, 6.45) is -4.10. The van der Waals surface area contributed by atoms with E-state index in [9.17, 15) is 27.6 Å². The molecule has 0 radical (unpaired) electrons. The van der Waals surface area contributed by atoms with Crippen LogP contribution in [0.15, 0.2) is 82.6 Å². The molecule has 2 aliphatic carbocycles. The van der Waals surface area contributed by atoms with Crippen LogP contribution >= 0.6 is 23.1 Å². The molecule has 3 fully saturated rings. The Morgan fingerprint density at radius 2 is 1.63 bits per heavy atom. The van der Waals surface area contributed by atoms with E-state index in [4.69, 9.17) is 9.47 Å². The summed E-state index contributed by atoms with van der Waals surface area (Å²) in [7, 11) is 1.56. The molecular formula is C34H27F3N2O5S2. The highest BCUT2D eigenvalue weighted by Gasteiger charge is 2.70. The number of para-hydroxylation sites is 1. The largest absolute Gasteiger partial charge is 0.493 e. The van der Waals surface area contributed by atoms with Gasteiger partial charge in [-0.15, -0.1) is 11.8 Å². The monoisotopic (exact) mass is 664 g/mol. The Bertz CT molecular complexity index is 1930. The lowest BCUT2D eigenvalue weighted by molar-refractivity contribution is -0.137. The molecule has 3 heterocycles. The van der Waals surface area contributed by atoms with Gasteiger partial charge in [0.1, 0.15) is 6.61 Å². The van der Waals surface area contributed by atoms with Gasteiger partial charge in [-0.1, -0.05) is 59.9 Å². The van der Waals surface area contributed by atoms with Crippen LogP contribution in [0.4, 0.5) is 18.9 Å². The van der Waals surface area contributed by atoms with Gasteiger partial charge in [-0.3, -0.25) is 14.4 Å². The molecule has 1 N–H and O–H groups in total. The lowest BCUT2D eigenvalue weighted by Gasteiger charge is -2.43. The van der Waals surface area contributed by atoms with Gasteiger partial charge in [0.2, 0.25) is 11.8 Å². The smallest absolute Gasteiger partial charge is 0.418 e. The number of alkyl halides is 3. The van der Waals surface area contributed by atoms with Crippen LogP contribution in [0.2, 0.25) is 0 Å². The molecule has 2 saturated carbocycles. The molecule has 236 valence electrons. The van der Waals surface area contributed by atoms with E-state index >= 15 is 0 Å². The van der Waals surface area contributed by atoms with Crippen LogP contribution < -0.4 is 19.2 Å². The van der Waals surface area contributed by atoms with Crippen LogP contribution in [-0.2, 0) is 22.4 Å². The van der Waals surface area contributed by atoms with Gasteiger partial charge < -0.3 is 14.5 Å². The quantitative estimate of drug-likeness (QED) is 0.230. The van der Waals surface area contributed by atoms with E-state index in [-0.39, 0.29) is 33.8 Å². The maximum absolute atomic E-state index is 14.0. The van der Waals surface area contributed by atoms with Crippen molar-refractivity contribution in [3.8, 4) is 11.5 Å². The zero-order valence-electron chi connectivity index (χ0n) is 24.3. The molecule has 3 aromatic carbocycles. The lowest BCUT2D eigenvalue weighted by atomic mass is 9.68. The standard InChI is InChI=1S/C34H27F3N2O5S2/c1-43-23-13-17(11-12-22(23)44-15-16-7-3-2-4-8-16)24-25-18-14-19(28(25)45-30-29(24)46-33(42)38-30)27-26(18)31(40)39(32(27)41)21-10-6-5-9-20(21)34(35,36)37/h2-13,18-19,24-28H,14-15H2,1H3,(H,38,42)/t18-,19-,24?,25?,26?,27?,28?/m1/s1. The van der Waals surface area contributed by atoms with E-state index in [1.54, 1.807) is 7.11 Å². The first kappa shape index (κ1) is 29.4. The number of H-pyrrole nitrogens is 1.